The van der Waals surface area contributed by atoms with Crippen molar-refractivity contribution in [2.24, 2.45) is 11.1 Å². The van der Waals surface area contributed by atoms with Crippen molar-refractivity contribution < 1.29 is 18.3 Å². The molecular formula is C13H18F2N2O2. The van der Waals surface area contributed by atoms with Crippen LogP contribution >= 0.6 is 0 Å². The zero-order valence-corrected chi connectivity index (χ0v) is 11.0. The van der Waals surface area contributed by atoms with Crippen LogP contribution < -0.4 is 15.8 Å². The molecule has 0 aromatic heterocycles. The minimum Gasteiger partial charge on any atom is -0.434 e. The number of halogens is 2. The molecule has 0 unspecified atom stereocenters. The van der Waals surface area contributed by atoms with Gasteiger partial charge in [0.05, 0.1) is 5.56 Å². The van der Waals surface area contributed by atoms with Crippen LogP contribution in [-0.2, 0) is 0 Å². The van der Waals surface area contributed by atoms with Gasteiger partial charge in [0.2, 0.25) is 0 Å². The summed E-state index contributed by atoms with van der Waals surface area (Å²) in [4.78, 5) is 11.9. The van der Waals surface area contributed by atoms with Gasteiger partial charge >= 0.3 is 6.61 Å². The molecular weight excluding hydrogens is 254 g/mol. The maximum absolute atomic E-state index is 12.2. The summed E-state index contributed by atoms with van der Waals surface area (Å²) >= 11 is 0. The number of para-hydroxylation sites is 1. The Hall–Kier alpha value is -1.69. The third kappa shape index (κ3) is 4.82. The Morgan fingerprint density at radius 3 is 2.63 bits per heavy atom. The van der Waals surface area contributed by atoms with Crippen LogP contribution in [0.3, 0.4) is 0 Å². The highest BCUT2D eigenvalue weighted by Crippen LogP contribution is 2.20. The topological polar surface area (TPSA) is 64.3 Å². The Balaban J connectivity index is 2.77. The molecule has 0 aliphatic carbocycles. The van der Waals surface area contributed by atoms with E-state index in [0.717, 1.165) is 0 Å². The summed E-state index contributed by atoms with van der Waals surface area (Å²) in [5.41, 5.74) is 5.38. The van der Waals surface area contributed by atoms with Crippen molar-refractivity contribution in [3.63, 3.8) is 0 Å². The highest BCUT2D eigenvalue weighted by molar-refractivity contribution is 5.96. The van der Waals surface area contributed by atoms with E-state index in [0.29, 0.717) is 13.1 Å². The number of hydrogen-bond acceptors (Lipinski definition) is 3. The number of amides is 1. The summed E-state index contributed by atoms with van der Waals surface area (Å²) in [6.07, 6.45) is 0. The van der Waals surface area contributed by atoms with Crippen LogP contribution in [0.25, 0.3) is 0 Å². The van der Waals surface area contributed by atoms with Gasteiger partial charge < -0.3 is 15.8 Å². The Morgan fingerprint density at radius 1 is 1.42 bits per heavy atom. The largest absolute Gasteiger partial charge is 0.434 e. The summed E-state index contributed by atoms with van der Waals surface area (Å²) < 4.78 is 28.8. The van der Waals surface area contributed by atoms with E-state index in [1.54, 1.807) is 6.07 Å². The SMILES string of the molecule is CC(C)(CN)CNC(=O)c1ccccc1OC(F)F. The molecule has 0 aliphatic rings. The molecule has 1 rings (SSSR count). The maximum atomic E-state index is 12.2. The van der Waals surface area contributed by atoms with Crippen molar-refractivity contribution in [1.29, 1.82) is 0 Å². The van der Waals surface area contributed by atoms with Gasteiger partial charge in [-0.3, -0.25) is 4.79 Å². The first-order chi connectivity index (χ1) is 8.85. The normalized spacial score (nSPS) is 11.5. The van der Waals surface area contributed by atoms with Gasteiger partial charge in [0.25, 0.3) is 5.91 Å². The van der Waals surface area contributed by atoms with E-state index in [2.05, 4.69) is 10.1 Å². The molecule has 0 spiro atoms. The van der Waals surface area contributed by atoms with Gasteiger partial charge in [-0.05, 0) is 24.1 Å². The smallest absolute Gasteiger partial charge is 0.387 e. The zero-order chi connectivity index (χ0) is 14.5. The Kier molecular flexibility index (Phi) is 5.23. The van der Waals surface area contributed by atoms with Gasteiger partial charge in [-0.25, -0.2) is 0 Å². The van der Waals surface area contributed by atoms with E-state index < -0.39 is 12.5 Å². The first kappa shape index (κ1) is 15.4. The van der Waals surface area contributed by atoms with E-state index in [4.69, 9.17) is 5.73 Å². The minimum absolute atomic E-state index is 0.0793. The van der Waals surface area contributed by atoms with Crippen molar-refractivity contribution in [2.45, 2.75) is 20.5 Å². The van der Waals surface area contributed by atoms with E-state index in [-0.39, 0.29) is 16.7 Å². The van der Waals surface area contributed by atoms with Gasteiger partial charge in [-0.1, -0.05) is 26.0 Å². The number of hydrogen-bond donors (Lipinski definition) is 2. The van der Waals surface area contributed by atoms with Crippen LogP contribution in [0.1, 0.15) is 24.2 Å². The average Bonchev–Trinajstić information content (AvgIpc) is 2.36. The number of alkyl halides is 2. The lowest BCUT2D eigenvalue weighted by molar-refractivity contribution is -0.0501. The second-order valence-corrected chi connectivity index (χ2v) is 4.93. The van der Waals surface area contributed by atoms with Crippen molar-refractivity contribution in [3.05, 3.63) is 29.8 Å². The van der Waals surface area contributed by atoms with E-state index in [9.17, 15) is 13.6 Å². The summed E-state index contributed by atoms with van der Waals surface area (Å²) in [6, 6.07) is 5.87. The third-order valence-electron chi connectivity index (χ3n) is 2.63. The van der Waals surface area contributed by atoms with Gasteiger partial charge in [0, 0.05) is 6.54 Å². The van der Waals surface area contributed by atoms with Crippen molar-refractivity contribution in [3.8, 4) is 5.75 Å². The lowest BCUT2D eigenvalue weighted by atomic mass is 9.94. The number of ether oxygens (including phenoxy) is 1. The van der Waals surface area contributed by atoms with Crippen LogP contribution in [0.4, 0.5) is 8.78 Å². The highest BCUT2D eigenvalue weighted by Gasteiger charge is 2.19. The van der Waals surface area contributed by atoms with Gasteiger partial charge in [0.15, 0.2) is 0 Å². The van der Waals surface area contributed by atoms with Crippen molar-refractivity contribution >= 4 is 5.91 Å². The second-order valence-electron chi connectivity index (χ2n) is 4.93. The second kappa shape index (κ2) is 6.47. The van der Waals surface area contributed by atoms with Crippen molar-refractivity contribution in [1.82, 2.24) is 5.32 Å². The van der Waals surface area contributed by atoms with Gasteiger partial charge in [-0.15, -0.1) is 0 Å². The molecule has 0 bridgehead atoms. The molecule has 0 atom stereocenters. The summed E-state index contributed by atoms with van der Waals surface area (Å²) in [6.45, 7) is 1.59. The molecule has 0 fully saturated rings. The first-order valence-corrected chi connectivity index (χ1v) is 5.88. The predicted octanol–water partition coefficient (Wildman–Crippen LogP) is 2.00. The molecule has 1 aromatic carbocycles. The molecule has 3 N–H and O–H groups in total. The lowest BCUT2D eigenvalue weighted by Gasteiger charge is -2.22. The van der Waals surface area contributed by atoms with Crippen LogP contribution in [0, 0.1) is 5.41 Å². The van der Waals surface area contributed by atoms with Crippen molar-refractivity contribution in [2.75, 3.05) is 13.1 Å². The highest BCUT2D eigenvalue weighted by atomic mass is 19.3. The Labute approximate surface area is 110 Å². The van der Waals surface area contributed by atoms with Crippen LogP contribution in [-0.4, -0.2) is 25.6 Å². The maximum Gasteiger partial charge on any atom is 0.387 e. The molecule has 1 aromatic rings. The molecule has 0 radical (unpaired) electrons. The molecule has 0 saturated heterocycles. The summed E-state index contributed by atoms with van der Waals surface area (Å²) in [7, 11) is 0. The standard InChI is InChI=1S/C13H18F2N2O2/c1-13(2,7-16)8-17-11(18)9-5-3-4-6-10(9)19-12(14)15/h3-6,12H,7-8,16H2,1-2H3,(H,17,18). The molecule has 0 saturated carbocycles. The number of carbonyl (C=O) groups is 1. The van der Waals surface area contributed by atoms with E-state index in [1.165, 1.54) is 18.2 Å². The predicted molar refractivity (Wildman–Crippen MR) is 68.2 cm³/mol. The Morgan fingerprint density at radius 2 is 2.05 bits per heavy atom. The summed E-state index contributed by atoms with van der Waals surface area (Å²) in [5.74, 6) is -0.599. The molecule has 4 nitrogen and oxygen atoms in total. The molecule has 0 heterocycles. The quantitative estimate of drug-likeness (QED) is 0.832. The van der Waals surface area contributed by atoms with Gasteiger partial charge in [0.1, 0.15) is 5.75 Å². The van der Waals surface area contributed by atoms with Crippen LogP contribution in [0.15, 0.2) is 24.3 Å². The number of nitrogens with two attached hydrogens (primary N) is 1. The average molecular weight is 272 g/mol. The minimum atomic E-state index is -2.96. The van der Waals surface area contributed by atoms with E-state index >= 15 is 0 Å². The number of benzene rings is 1. The van der Waals surface area contributed by atoms with Crippen LogP contribution in [0.5, 0.6) is 5.75 Å². The van der Waals surface area contributed by atoms with Gasteiger partial charge in [-0.2, -0.15) is 8.78 Å². The number of rotatable bonds is 6. The summed E-state index contributed by atoms with van der Waals surface area (Å²) in [5, 5.41) is 2.66. The fraction of sp³-hybridized carbons (Fsp3) is 0.462. The van der Waals surface area contributed by atoms with Crippen LogP contribution in [0.2, 0.25) is 0 Å². The fourth-order valence-corrected chi connectivity index (χ4v) is 1.34. The number of nitrogens with one attached hydrogen (secondary N) is 1. The molecule has 1 amide bonds. The zero-order valence-electron chi connectivity index (χ0n) is 11.0. The lowest BCUT2D eigenvalue weighted by Crippen LogP contribution is -2.38. The molecule has 0 aliphatic heterocycles. The van der Waals surface area contributed by atoms with E-state index in [1.807, 2.05) is 13.8 Å². The third-order valence-corrected chi connectivity index (χ3v) is 2.63. The molecule has 6 heteroatoms. The fourth-order valence-electron chi connectivity index (χ4n) is 1.34. The first-order valence-electron chi connectivity index (χ1n) is 5.88. The molecule has 106 valence electrons. The Bertz CT molecular complexity index is 436. The molecule has 19 heavy (non-hydrogen) atoms. The number of carbonyl (C=O) groups excluding carboxylic acids is 1. The monoisotopic (exact) mass is 272 g/mol.